The maximum atomic E-state index is 11.9. The van der Waals surface area contributed by atoms with Gasteiger partial charge in [-0.15, -0.1) is 0 Å². The van der Waals surface area contributed by atoms with Crippen LogP contribution < -0.4 is 5.32 Å². The van der Waals surface area contributed by atoms with E-state index in [1.807, 2.05) is 18.2 Å². The third-order valence-corrected chi connectivity index (χ3v) is 2.90. The van der Waals surface area contributed by atoms with Crippen molar-refractivity contribution in [3.8, 4) is 0 Å². The molecule has 104 valence electrons. The summed E-state index contributed by atoms with van der Waals surface area (Å²) >= 11 is 0. The molecule has 1 rings (SSSR count). The molecule has 0 radical (unpaired) electrons. The topological polar surface area (TPSA) is 86.6 Å². The summed E-state index contributed by atoms with van der Waals surface area (Å²) < 4.78 is 0. The lowest BCUT2D eigenvalue weighted by Crippen LogP contribution is -2.48. The summed E-state index contributed by atoms with van der Waals surface area (Å²) in [5.74, 6) is -1.57. The second-order valence-corrected chi connectivity index (χ2v) is 5.10. The maximum absolute atomic E-state index is 11.9. The van der Waals surface area contributed by atoms with Crippen molar-refractivity contribution in [2.24, 2.45) is 5.41 Å². The summed E-state index contributed by atoms with van der Waals surface area (Å²) in [6.07, 6.45) is 0.212. The van der Waals surface area contributed by atoms with Gasteiger partial charge >= 0.3 is 5.97 Å². The fraction of sp³-hybridized carbons (Fsp3) is 0.429. The van der Waals surface area contributed by atoms with Crippen LogP contribution in [-0.4, -0.2) is 34.7 Å². The zero-order valence-corrected chi connectivity index (χ0v) is 11.1. The van der Waals surface area contributed by atoms with Gasteiger partial charge in [-0.3, -0.25) is 4.79 Å². The minimum absolute atomic E-state index is 0.212. The molecule has 0 unspecified atom stereocenters. The van der Waals surface area contributed by atoms with Crippen LogP contribution in [0.5, 0.6) is 0 Å². The Kier molecular flexibility index (Phi) is 5.06. The molecule has 0 saturated heterocycles. The van der Waals surface area contributed by atoms with Gasteiger partial charge in [0.25, 0.3) is 0 Å². The van der Waals surface area contributed by atoms with E-state index in [9.17, 15) is 9.59 Å². The standard InChI is InChI=1S/C14H19NO4/c1-14(2,9-16)13(19)15-11(12(17)18)8-10-6-4-3-5-7-10/h3-7,11,16H,8-9H2,1-2H3,(H,15,19)(H,17,18)/t11-/m1/s1. The molecule has 0 aliphatic rings. The third kappa shape index (κ3) is 4.37. The molecule has 1 amide bonds. The molecule has 0 aliphatic carbocycles. The van der Waals surface area contributed by atoms with Gasteiger partial charge in [0.1, 0.15) is 6.04 Å². The first-order valence-electron chi connectivity index (χ1n) is 6.05. The van der Waals surface area contributed by atoms with Crippen LogP contribution in [0.25, 0.3) is 0 Å². The van der Waals surface area contributed by atoms with Crippen molar-refractivity contribution in [1.29, 1.82) is 0 Å². The average molecular weight is 265 g/mol. The molecule has 5 nitrogen and oxygen atoms in total. The number of carboxylic acid groups (broad SMARTS) is 1. The summed E-state index contributed by atoms with van der Waals surface area (Å²) in [4.78, 5) is 23.0. The van der Waals surface area contributed by atoms with Gasteiger partial charge in [-0.2, -0.15) is 0 Å². The van der Waals surface area contributed by atoms with Gasteiger partial charge < -0.3 is 15.5 Å². The number of nitrogens with one attached hydrogen (secondary N) is 1. The van der Waals surface area contributed by atoms with Crippen molar-refractivity contribution >= 4 is 11.9 Å². The highest BCUT2D eigenvalue weighted by molar-refractivity contribution is 5.87. The Hall–Kier alpha value is -1.88. The van der Waals surface area contributed by atoms with E-state index in [-0.39, 0.29) is 13.0 Å². The fourth-order valence-electron chi connectivity index (χ4n) is 1.48. The van der Waals surface area contributed by atoms with Crippen LogP contribution in [0.4, 0.5) is 0 Å². The number of aliphatic hydroxyl groups is 1. The highest BCUT2D eigenvalue weighted by Crippen LogP contribution is 2.14. The van der Waals surface area contributed by atoms with Crippen LogP contribution in [0, 0.1) is 5.41 Å². The molecule has 0 bridgehead atoms. The maximum Gasteiger partial charge on any atom is 0.326 e. The lowest BCUT2D eigenvalue weighted by Gasteiger charge is -2.23. The molecule has 0 fully saturated rings. The Morgan fingerprint density at radius 1 is 1.26 bits per heavy atom. The fourth-order valence-corrected chi connectivity index (χ4v) is 1.48. The van der Waals surface area contributed by atoms with Crippen molar-refractivity contribution in [3.63, 3.8) is 0 Å². The predicted molar refractivity (Wildman–Crippen MR) is 70.6 cm³/mol. The largest absolute Gasteiger partial charge is 0.480 e. The molecule has 1 aromatic rings. The van der Waals surface area contributed by atoms with Crippen LogP contribution in [0.3, 0.4) is 0 Å². The van der Waals surface area contributed by atoms with Gasteiger partial charge in [-0.05, 0) is 19.4 Å². The second kappa shape index (κ2) is 6.33. The minimum Gasteiger partial charge on any atom is -0.480 e. The minimum atomic E-state index is -1.09. The first kappa shape index (κ1) is 15.2. The zero-order valence-electron chi connectivity index (χ0n) is 11.1. The number of rotatable bonds is 6. The lowest BCUT2D eigenvalue weighted by molar-refractivity contribution is -0.144. The normalized spacial score (nSPS) is 12.8. The molecular weight excluding hydrogens is 246 g/mol. The van der Waals surface area contributed by atoms with Crippen LogP contribution >= 0.6 is 0 Å². The number of benzene rings is 1. The second-order valence-electron chi connectivity index (χ2n) is 5.10. The Morgan fingerprint density at radius 2 is 1.84 bits per heavy atom. The van der Waals surface area contributed by atoms with Gasteiger partial charge in [0.2, 0.25) is 5.91 Å². The lowest BCUT2D eigenvalue weighted by atomic mass is 9.93. The van der Waals surface area contributed by atoms with Gasteiger partial charge in [0.15, 0.2) is 0 Å². The summed E-state index contributed by atoms with van der Waals surface area (Å²) in [6.45, 7) is 2.78. The van der Waals surface area contributed by atoms with Gasteiger partial charge in [-0.1, -0.05) is 30.3 Å². The van der Waals surface area contributed by atoms with Crippen molar-refractivity contribution in [2.75, 3.05) is 6.61 Å². The van der Waals surface area contributed by atoms with Crippen molar-refractivity contribution in [1.82, 2.24) is 5.32 Å². The number of carbonyl (C=O) groups excluding carboxylic acids is 1. The number of amides is 1. The summed E-state index contributed by atoms with van der Waals surface area (Å²) in [5.41, 5.74) is -0.165. The highest BCUT2D eigenvalue weighted by atomic mass is 16.4. The van der Waals surface area contributed by atoms with Crippen molar-refractivity contribution in [2.45, 2.75) is 26.3 Å². The van der Waals surface area contributed by atoms with E-state index >= 15 is 0 Å². The number of carboxylic acids is 1. The SMILES string of the molecule is CC(C)(CO)C(=O)N[C@H](Cc1ccccc1)C(=O)O. The monoisotopic (exact) mass is 265 g/mol. The smallest absolute Gasteiger partial charge is 0.326 e. The van der Waals surface area contributed by atoms with E-state index in [0.717, 1.165) is 5.56 Å². The summed E-state index contributed by atoms with van der Waals surface area (Å²) in [6, 6.07) is 8.08. The van der Waals surface area contributed by atoms with Crippen LogP contribution in [-0.2, 0) is 16.0 Å². The number of hydrogen-bond acceptors (Lipinski definition) is 3. The zero-order chi connectivity index (χ0) is 14.5. The number of hydrogen-bond donors (Lipinski definition) is 3. The molecule has 0 heterocycles. The van der Waals surface area contributed by atoms with Gasteiger partial charge in [0.05, 0.1) is 12.0 Å². The first-order chi connectivity index (χ1) is 8.86. The average Bonchev–Trinajstić information content (AvgIpc) is 2.38. The molecule has 1 atom stereocenters. The van der Waals surface area contributed by atoms with E-state index in [1.54, 1.807) is 26.0 Å². The quantitative estimate of drug-likeness (QED) is 0.710. The number of aliphatic hydroxyl groups excluding tert-OH is 1. The van der Waals surface area contributed by atoms with E-state index in [0.29, 0.717) is 0 Å². The molecule has 0 aliphatic heterocycles. The van der Waals surface area contributed by atoms with E-state index < -0.39 is 23.3 Å². The molecule has 0 aromatic heterocycles. The Morgan fingerprint density at radius 3 is 2.32 bits per heavy atom. The number of aliphatic carboxylic acids is 1. The van der Waals surface area contributed by atoms with E-state index in [2.05, 4.69) is 5.32 Å². The Balaban J connectivity index is 2.75. The molecule has 1 aromatic carbocycles. The van der Waals surface area contributed by atoms with E-state index in [4.69, 9.17) is 10.2 Å². The number of carbonyl (C=O) groups is 2. The Labute approximate surface area is 112 Å². The molecule has 0 saturated carbocycles. The Bertz CT molecular complexity index is 442. The predicted octanol–water partition coefficient (Wildman–Crippen LogP) is 0.817. The highest BCUT2D eigenvalue weighted by Gasteiger charge is 2.30. The van der Waals surface area contributed by atoms with Crippen molar-refractivity contribution in [3.05, 3.63) is 35.9 Å². The molecular formula is C14H19NO4. The summed E-state index contributed by atoms with van der Waals surface area (Å²) in [7, 11) is 0. The van der Waals surface area contributed by atoms with Gasteiger partial charge in [0, 0.05) is 6.42 Å². The van der Waals surface area contributed by atoms with Crippen molar-refractivity contribution < 1.29 is 19.8 Å². The van der Waals surface area contributed by atoms with Gasteiger partial charge in [-0.25, -0.2) is 4.79 Å². The molecule has 19 heavy (non-hydrogen) atoms. The molecule has 5 heteroatoms. The molecule has 3 N–H and O–H groups in total. The van der Waals surface area contributed by atoms with Crippen LogP contribution in [0.2, 0.25) is 0 Å². The molecule has 0 spiro atoms. The third-order valence-electron chi connectivity index (χ3n) is 2.90. The summed E-state index contributed by atoms with van der Waals surface area (Å²) in [5, 5.41) is 20.7. The van der Waals surface area contributed by atoms with Crippen LogP contribution in [0.15, 0.2) is 30.3 Å². The first-order valence-corrected chi connectivity index (χ1v) is 6.05. The van der Waals surface area contributed by atoms with E-state index in [1.165, 1.54) is 0 Å². The van der Waals surface area contributed by atoms with Crippen LogP contribution in [0.1, 0.15) is 19.4 Å².